The van der Waals surface area contributed by atoms with Gasteiger partial charge in [0.25, 0.3) is 0 Å². The molecule has 2 amide bonds. The number of carbonyl (C=O) groups is 3. The van der Waals surface area contributed by atoms with Crippen LogP contribution in [-0.4, -0.2) is 40.4 Å². The summed E-state index contributed by atoms with van der Waals surface area (Å²) >= 11 is 1.87. The minimum Gasteiger partial charge on any atom is -0.480 e. The molecule has 102 valence electrons. The minimum atomic E-state index is -1.23. The maximum atomic E-state index is 11.7. The molecule has 18 heavy (non-hydrogen) atoms. The SMILES string of the molecule is NC(=O)CC(NC(=O)CC1CCSCC1)C(=O)O. The first-order chi connectivity index (χ1) is 8.49. The molecule has 1 rings (SSSR count). The number of rotatable bonds is 6. The van der Waals surface area contributed by atoms with Gasteiger partial charge in [0.2, 0.25) is 11.8 Å². The molecule has 6 nitrogen and oxygen atoms in total. The summed E-state index contributed by atoms with van der Waals surface area (Å²) in [5.74, 6) is 0.108. The molecule has 0 bridgehead atoms. The smallest absolute Gasteiger partial charge is 0.326 e. The summed E-state index contributed by atoms with van der Waals surface area (Å²) in [6.07, 6.45) is 1.90. The molecule has 0 aromatic carbocycles. The van der Waals surface area contributed by atoms with E-state index in [4.69, 9.17) is 10.8 Å². The van der Waals surface area contributed by atoms with Gasteiger partial charge >= 0.3 is 5.97 Å². The Kier molecular flexibility index (Phi) is 5.97. The third-order valence-corrected chi connectivity index (χ3v) is 3.90. The number of nitrogens with one attached hydrogen (secondary N) is 1. The van der Waals surface area contributed by atoms with Crippen molar-refractivity contribution in [3.05, 3.63) is 0 Å². The molecule has 1 aliphatic heterocycles. The van der Waals surface area contributed by atoms with Crippen LogP contribution in [0.2, 0.25) is 0 Å². The fourth-order valence-electron chi connectivity index (χ4n) is 1.87. The number of thioether (sulfide) groups is 1. The van der Waals surface area contributed by atoms with Crippen molar-refractivity contribution in [3.8, 4) is 0 Å². The van der Waals surface area contributed by atoms with Crippen molar-refractivity contribution in [3.63, 3.8) is 0 Å². The van der Waals surface area contributed by atoms with Crippen molar-refractivity contribution in [1.29, 1.82) is 0 Å². The van der Waals surface area contributed by atoms with Crippen LogP contribution < -0.4 is 11.1 Å². The van der Waals surface area contributed by atoms with Gasteiger partial charge in [0.1, 0.15) is 6.04 Å². The van der Waals surface area contributed by atoms with Crippen LogP contribution in [0.15, 0.2) is 0 Å². The first kappa shape index (κ1) is 14.8. The van der Waals surface area contributed by atoms with Gasteiger partial charge in [0, 0.05) is 6.42 Å². The van der Waals surface area contributed by atoms with Crippen LogP contribution >= 0.6 is 11.8 Å². The van der Waals surface area contributed by atoms with Crippen molar-refractivity contribution in [2.24, 2.45) is 11.7 Å². The van der Waals surface area contributed by atoms with E-state index in [1.807, 2.05) is 11.8 Å². The number of carboxylic acids is 1. The number of hydrogen-bond donors (Lipinski definition) is 3. The predicted octanol–water partition coefficient (Wildman–Crippen LogP) is -0.0355. The molecule has 0 spiro atoms. The number of nitrogens with two attached hydrogens (primary N) is 1. The average Bonchev–Trinajstić information content (AvgIpc) is 2.28. The number of hydrogen-bond acceptors (Lipinski definition) is 4. The summed E-state index contributed by atoms with van der Waals surface area (Å²) in [5.41, 5.74) is 4.93. The Morgan fingerprint density at radius 1 is 1.33 bits per heavy atom. The summed E-state index contributed by atoms with van der Waals surface area (Å²) in [7, 11) is 0. The van der Waals surface area contributed by atoms with E-state index in [9.17, 15) is 14.4 Å². The molecule has 1 heterocycles. The second-order valence-corrected chi connectivity index (χ2v) is 5.61. The lowest BCUT2D eigenvalue weighted by Gasteiger charge is -2.21. The van der Waals surface area contributed by atoms with Crippen molar-refractivity contribution < 1.29 is 19.5 Å². The largest absolute Gasteiger partial charge is 0.480 e. The van der Waals surface area contributed by atoms with Crippen molar-refractivity contribution in [2.45, 2.75) is 31.7 Å². The number of aliphatic carboxylic acids is 1. The molecule has 1 aliphatic rings. The van der Waals surface area contributed by atoms with Gasteiger partial charge in [-0.25, -0.2) is 4.79 Å². The normalized spacial score (nSPS) is 18.0. The highest BCUT2D eigenvalue weighted by molar-refractivity contribution is 7.99. The Morgan fingerprint density at radius 3 is 2.44 bits per heavy atom. The van der Waals surface area contributed by atoms with Crippen LogP contribution in [0.4, 0.5) is 0 Å². The van der Waals surface area contributed by atoms with Crippen LogP contribution in [0.5, 0.6) is 0 Å². The second-order valence-electron chi connectivity index (χ2n) is 4.39. The minimum absolute atomic E-state index is 0.314. The van der Waals surface area contributed by atoms with Crippen LogP contribution in [0.25, 0.3) is 0 Å². The molecule has 1 atom stereocenters. The van der Waals surface area contributed by atoms with Crippen LogP contribution in [0.1, 0.15) is 25.7 Å². The third kappa shape index (κ3) is 5.39. The molecule has 0 radical (unpaired) electrons. The molecule has 7 heteroatoms. The van der Waals surface area contributed by atoms with Gasteiger partial charge < -0.3 is 16.2 Å². The monoisotopic (exact) mass is 274 g/mol. The second kappa shape index (κ2) is 7.25. The molecule has 0 aromatic heterocycles. The number of primary amides is 1. The molecular weight excluding hydrogens is 256 g/mol. The summed E-state index contributed by atoms with van der Waals surface area (Å²) in [5, 5.41) is 11.2. The lowest BCUT2D eigenvalue weighted by Crippen LogP contribution is -2.43. The van der Waals surface area contributed by atoms with Gasteiger partial charge in [-0.05, 0) is 30.3 Å². The standard InChI is InChI=1S/C11H18N2O4S/c12-9(14)6-8(11(16)17)13-10(15)5-7-1-3-18-4-2-7/h7-8H,1-6H2,(H2,12,14)(H,13,15)(H,16,17). The molecule has 1 fully saturated rings. The average molecular weight is 274 g/mol. The van der Waals surface area contributed by atoms with E-state index in [0.717, 1.165) is 24.3 Å². The maximum Gasteiger partial charge on any atom is 0.326 e. The number of carboxylic acid groups (broad SMARTS) is 1. The number of amides is 2. The van der Waals surface area contributed by atoms with E-state index in [1.165, 1.54) is 0 Å². The van der Waals surface area contributed by atoms with E-state index in [-0.39, 0.29) is 12.3 Å². The summed E-state index contributed by atoms with van der Waals surface area (Å²) in [4.78, 5) is 33.2. The van der Waals surface area contributed by atoms with Crippen molar-refractivity contribution in [1.82, 2.24) is 5.32 Å². The Balaban J connectivity index is 2.40. The molecule has 4 N–H and O–H groups in total. The van der Waals surface area contributed by atoms with E-state index >= 15 is 0 Å². The van der Waals surface area contributed by atoms with Gasteiger partial charge in [0.05, 0.1) is 6.42 Å². The molecule has 0 saturated carbocycles. The molecule has 0 aliphatic carbocycles. The fraction of sp³-hybridized carbons (Fsp3) is 0.727. The van der Waals surface area contributed by atoms with E-state index in [2.05, 4.69) is 5.32 Å². The van der Waals surface area contributed by atoms with Crippen LogP contribution in [-0.2, 0) is 14.4 Å². The predicted molar refractivity (Wildman–Crippen MR) is 68.0 cm³/mol. The molecule has 0 aromatic rings. The van der Waals surface area contributed by atoms with E-state index < -0.39 is 17.9 Å². The van der Waals surface area contributed by atoms with Crippen LogP contribution in [0, 0.1) is 5.92 Å². The van der Waals surface area contributed by atoms with Gasteiger partial charge in [-0.2, -0.15) is 11.8 Å². The fourth-order valence-corrected chi connectivity index (χ4v) is 3.07. The highest BCUT2D eigenvalue weighted by Crippen LogP contribution is 2.25. The Hall–Kier alpha value is -1.24. The zero-order valence-corrected chi connectivity index (χ0v) is 10.9. The highest BCUT2D eigenvalue weighted by atomic mass is 32.2. The lowest BCUT2D eigenvalue weighted by atomic mass is 9.98. The summed E-state index contributed by atoms with van der Waals surface area (Å²) in [6, 6.07) is -1.21. The van der Waals surface area contributed by atoms with Gasteiger partial charge in [-0.3, -0.25) is 9.59 Å². The third-order valence-electron chi connectivity index (χ3n) is 2.85. The van der Waals surface area contributed by atoms with Crippen molar-refractivity contribution >= 4 is 29.5 Å². The van der Waals surface area contributed by atoms with Gasteiger partial charge in [-0.1, -0.05) is 0 Å². The topological polar surface area (TPSA) is 109 Å². The molecular formula is C11H18N2O4S. The molecule has 1 unspecified atom stereocenters. The zero-order chi connectivity index (χ0) is 13.5. The van der Waals surface area contributed by atoms with E-state index in [1.54, 1.807) is 0 Å². The Morgan fingerprint density at radius 2 is 1.94 bits per heavy atom. The van der Waals surface area contributed by atoms with E-state index in [0.29, 0.717) is 12.3 Å². The summed E-state index contributed by atoms with van der Waals surface area (Å²) in [6.45, 7) is 0. The van der Waals surface area contributed by atoms with Crippen LogP contribution in [0.3, 0.4) is 0 Å². The lowest BCUT2D eigenvalue weighted by molar-refractivity contribution is -0.143. The first-order valence-corrected chi connectivity index (χ1v) is 7.02. The number of carbonyl (C=O) groups excluding carboxylic acids is 2. The summed E-state index contributed by atoms with van der Waals surface area (Å²) < 4.78 is 0. The van der Waals surface area contributed by atoms with Gasteiger partial charge in [-0.15, -0.1) is 0 Å². The Bertz CT molecular complexity index is 329. The van der Waals surface area contributed by atoms with Crippen molar-refractivity contribution in [2.75, 3.05) is 11.5 Å². The quantitative estimate of drug-likeness (QED) is 0.630. The zero-order valence-electron chi connectivity index (χ0n) is 10.1. The molecule has 1 saturated heterocycles. The first-order valence-electron chi connectivity index (χ1n) is 5.87. The Labute approximate surface area is 110 Å². The maximum absolute atomic E-state index is 11.7. The van der Waals surface area contributed by atoms with Gasteiger partial charge in [0.15, 0.2) is 0 Å². The highest BCUT2D eigenvalue weighted by Gasteiger charge is 2.24.